The van der Waals surface area contributed by atoms with E-state index in [1.165, 1.54) is 0 Å². The fraction of sp³-hybridized carbons (Fsp3) is 0.214. The van der Waals surface area contributed by atoms with Gasteiger partial charge in [0.1, 0.15) is 5.76 Å². The first kappa shape index (κ1) is 11.9. The van der Waals surface area contributed by atoms with Crippen LogP contribution in [-0.2, 0) is 4.74 Å². The summed E-state index contributed by atoms with van der Waals surface area (Å²) in [6.45, 7) is 7.61. The van der Waals surface area contributed by atoms with Crippen LogP contribution in [0.2, 0.25) is 5.02 Å². The van der Waals surface area contributed by atoms with Crippen molar-refractivity contribution in [3.05, 3.63) is 52.6 Å². The lowest BCUT2D eigenvalue weighted by Gasteiger charge is -2.20. The minimum Gasteiger partial charge on any atom is -0.490 e. The summed E-state index contributed by atoms with van der Waals surface area (Å²) in [4.78, 5) is 11.9. The zero-order valence-electron chi connectivity index (χ0n) is 9.79. The Morgan fingerprint density at radius 2 is 2.00 bits per heavy atom. The van der Waals surface area contributed by atoms with Gasteiger partial charge in [-0.2, -0.15) is 0 Å². The molecule has 17 heavy (non-hydrogen) atoms. The lowest BCUT2D eigenvalue weighted by Crippen LogP contribution is -2.13. The lowest BCUT2D eigenvalue weighted by molar-refractivity contribution is 0.103. The Balaban J connectivity index is 2.54. The van der Waals surface area contributed by atoms with E-state index in [1.54, 1.807) is 24.3 Å². The second-order valence-electron chi connectivity index (χ2n) is 4.22. The average Bonchev–Trinajstić information content (AvgIpc) is 2.24. The molecular weight excluding hydrogens is 236 g/mol. The maximum atomic E-state index is 11.9. The van der Waals surface area contributed by atoms with Gasteiger partial charge in [-0.1, -0.05) is 18.2 Å². The van der Waals surface area contributed by atoms with Crippen molar-refractivity contribution in [2.24, 2.45) is 0 Å². The normalized spacial score (nSPS) is 14.7. The topological polar surface area (TPSA) is 26.3 Å². The van der Waals surface area contributed by atoms with Crippen LogP contribution < -0.4 is 0 Å². The van der Waals surface area contributed by atoms with E-state index in [1.807, 2.05) is 13.8 Å². The molecule has 88 valence electrons. The Morgan fingerprint density at radius 3 is 2.65 bits per heavy atom. The molecule has 0 heterocycles. The molecule has 0 bridgehead atoms. The summed E-state index contributed by atoms with van der Waals surface area (Å²) in [5, 5.41) is 0.538. The molecule has 1 aliphatic rings. The standard InChI is InChI=1S/C14H13ClO2/c1-8(2)17-13-6-9(3)14(16)12-7-10(15)4-5-11(12)13/h4-8H,3H2,1-2H3. The molecule has 0 aliphatic heterocycles. The number of hydrogen-bond acceptors (Lipinski definition) is 2. The molecule has 2 nitrogen and oxygen atoms in total. The minimum atomic E-state index is -0.0985. The predicted octanol–water partition coefficient (Wildman–Crippen LogP) is 3.86. The van der Waals surface area contributed by atoms with Gasteiger partial charge in [-0.3, -0.25) is 4.79 Å². The van der Waals surface area contributed by atoms with Crippen LogP contribution in [0.3, 0.4) is 0 Å². The highest BCUT2D eigenvalue weighted by Gasteiger charge is 2.23. The first-order valence-electron chi connectivity index (χ1n) is 5.41. The predicted molar refractivity (Wildman–Crippen MR) is 69.1 cm³/mol. The van der Waals surface area contributed by atoms with Crippen molar-refractivity contribution in [1.29, 1.82) is 0 Å². The van der Waals surface area contributed by atoms with Gasteiger partial charge in [-0.05, 0) is 38.1 Å². The monoisotopic (exact) mass is 248 g/mol. The van der Waals surface area contributed by atoms with Crippen LogP contribution in [-0.4, -0.2) is 11.9 Å². The van der Waals surface area contributed by atoms with Gasteiger partial charge < -0.3 is 4.74 Å². The Morgan fingerprint density at radius 1 is 1.29 bits per heavy atom. The molecule has 0 saturated heterocycles. The fourth-order valence-electron chi connectivity index (χ4n) is 1.75. The van der Waals surface area contributed by atoms with Crippen LogP contribution >= 0.6 is 11.6 Å². The van der Waals surface area contributed by atoms with Gasteiger partial charge in [0.05, 0.1) is 6.10 Å². The van der Waals surface area contributed by atoms with Crippen molar-refractivity contribution in [3.63, 3.8) is 0 Å². The van der Waals surface area contributed by atoms with E-state index < -0.39 is 0 Å². The van der Waals surface area contributed by atoms with Gasteiger partial charge in [-0.15, -0.1) is 0 Å². The lowest BCUT2D eigenvalue weighted by atomic mass is 9.92. The molecule has 3 heteroatoms. The number of ketones is 1. The molecule has 0 amide bonds. The summed E-state index contributed by atoms with van der Waals surface area (Å²) < 4.78 is 5.68. The smallest absolute Gasteiger partial charge is 0.193 e. The third kappa shape index (κ3) is 2.27. The minimum absolute atomic E-state index is 0.0470. The average molecular weight is 249 g/mol. The summed E-state index contributed by atoms with van der Waals surface area (Å²) >= 11 is 5.90. The Bertz CT molecular complexity index is 527. The number of allylic oxidation sites excluding steroid dienone is 2. The third-order valence-corrected chi connectivity index (χ3v) is 2.69. The second kappa shape index (κ2) is 4.38. The number of ether oxygens (including phenoxy) is 1. The van der Waals surface area contributed by atoms with Crippen LogP contribution in [0, 0.1) is 0 Å². The zero-order valence-corrected chi connectivity index (χ0v) is 10.5. The molecule has 0 radical (unpaired) electrons. The quantitative estimate of drug-likeness (QED) is 0.743. The maximum Gasteiger partial charge on any atom is 0.193 e. The number of Topliss-reactive ketones (excluding diaryl/α,β-unsaturated/α-hetero) is 1. The molecular formula is C14H13ClO2. The van der Waals surface area contributed by atoms with Crippen LogP contribution in [0.5, 0.6) is 0 Å². The van der Waals surface area contributed by atoms with E-state index in [4.69, 9.17) is 16.3 Å². The second-order valence-corrected chi connectivity index (χ2v) is 4.66. The molecule has 1 aromatic rings. The molecule has 1 aliphatic carbocycles. The van der Waals surface area contributed by atoms with Gasteiger partial charge in [-0.25, -0.2) is 0 Å². The van der Waals surface area contributed by atoms with Gasteiger partial charge in [0.25, 0.3) is 0 Å². The van der Waals surface area contributed by atoms with E-state index in [0.717, 1.165) is 5.56 Å². The molecule has 2 rings (SSSR count). The number of rotatable bonds is 2. The zero-order chi connectivity index (χ0) is 12.6. The van der Waals surface area contributed by atoms with E-state index in [2.05, 4.69) is 6.58 Å². The summed E-state index contributed by atoms with van der Waals surface area (Å²) in [5.74, 6) is 0.579. The summed E-state index contributed by atoms with van der Waals surface area (Å²) in [6.07, 6.45) is 1.73. The van der Waals surface area contributed by atoms with Gasteiger partial charge in [0.15, 0.2) is 5.78 Å². The molecule has 0 unspecified atom stereocenters. The molecule has 1 aromatic carbocycles. The Kier molecular flexibility index (Phi) is 3.07. The van der Waals surface area contributed by atoms with Crippen LogP contribution in [0.15, 0.2) is 36.4 Å². The number of fused-ring (bicyclic) bond motifs is 1. The Hall–Kier alpha value is -1.54. The van der Waals surface area contributed by atoms with Gasteiger partial charge in [0.2, 0.25) is 0 Å². The van der Waals surface area contributed by atoms with Crippen LogP contribution in [0.1, 0.15) is 29.8 Å². The third-order valence-electron chi connectivity index (χ3n) is 2.45. The molecule has 0 N–H and O–H groups in total. The van der Waals surface area contributed by atoms with Crippen molar-refractivity contribution in [3.8, 4) is 0 Å². The van der Waals surface area contributed by atoms with E-state index in [9.17, 15) is 4.79 Å². The molecule has 0 aromatic heterocycles. The highest BCUT2D eigenvalue weighted by atomic mass is 35.5. The van der Waals surface area contributed by atoms with Crippen molar-refractivity contribution >= 4 is 23.1 Å². The van der Waals surface area contributed by atoms with Gasteiger partial charge >= 0.3 is 0 Å². The van der Waals surface area contributed by atoms with Crippen molar-refractivity contribution in [2.45, 2.75) is 20.0 Å². The number of benzene rings is 1. The van der Waals surface area contributed by atoms with E-state index >= 15 is 0 Å². The molecule has 0 atom stereocenters. The van der Waals surface area contributed by atoms with Crippen molar-refractivity contribution in [2.75, 3.05) is 0 Å². The highest BCUT2D eigenvalue weighted by molar-refractivity contribution is 6.31. The van der Waals surface area contributed by atoms with Crippen LogP contribution in [0.25, 0.3) is 5.76 Å². The van der Waals surface area contributed by atoms with Crippen LogP contribution in [0.4, 0.5) is 0 Å². The number of halogens is 1. The maximum absolute atomic E-state index is 11.9. The fourth-order valence-corrected chi connectivity index (χ4v) is 1.92. The summed E-state index contributed by atoms with van der Waals surface area (Å²) in [5.41, 5.74) is 1.76. The molecule has 0 spiro atoms. The molecule has 0 saturated carbocycles. The van der Waals surface area contributed by atoms with Crippen molar-refractivity contribution < 1.29 is 9.53 Å². The molecule has 0 fully saturated rings. The Labute approximate surface area is 106 Å². The first-order valence-corrected chi connectivity index (χ1v) is 5.78. The largest absolute Gasteiger partial charge is 0.490 e. The van der Waals surface area contributed by atoms with Crippen molar-refractivity contribution in [1.82, 2.24) is 0 Å². The first-order chi connectivity index (χ1) is 7.99. The van der Waals surface area contributed by atoms with E-state index in [0.29, 0.717) is 21.9 Å². The SMILES string of the molecule is C=C1C=C(OC(C)C)c2ccc(Cl)cc2C1=O. The highest BCUT2D eigenvalue weighted by Crippen LogP contribution is 2.31. The number of carbonyl (C=O) groups excluding carboxylic acids is 1. The summed E-state index contributed by atoms with van der Waals surface area (Å²) in [6, 6.07) is 5.20. The summed E-state index contributed by atoms with van der Waals surface area (Å²) in [7, 11) is 0. The van der Waals surface area contributed by atoms with E-state index in [-0.39, 0.29) is 11.9 Å². The number of carbonyl (C=O) groups is 1. The number of hydrogen-bond donors (Lipinski definition) is 0. The van der Waals surface area contributed by atoms with Gasteiger partial charge in [0, 0.05) is 21.7 Å².